The Morgan fingerprint density at radius 1 is 1.35 bits per heavy atom. The van der Waals surface area contributed by atoms with Crippen LogP contribution < -0.4 is 10.5 Å². The average Bonchev–Trinajstić information content (AvgIpc) is 2.27. The van der Waals surface area contributed by atoms with Gasteiger partial charge in [0.1, 0.15) is 0 Å². The number of carbonyl (C=O) groups is 1. The lowest BCUT2D eigenvalue weighted by atomic mass is 10.0. The smallest absolute Gasteiger partial charge is 0.251 e. The first-order valence-corrected chi connectivity index (χ1v) is 6.88. The second kappa shape index (κ2) is 5.29. The largest absolute Gasteiger partial charge is 0.352 e. The quantitative estimate of drug-likeness (QED) is 0.828. The van der Waals surface area contributed by atoms with Crippen molar-refractivity contribution in [2.24, 2.45) is 5.14 Å². The van der Waals surface area contributed by atoms with Gasteiger partial charge in [-0.25, -0.2) is 13.6 Å². The van der Waals surface area contributed by atoms with Crippen molar-refractivity contribution in [3.63, 3.8) is 0 Å². The van der Waals surface area contributed by atoms with Crippen molar-refractivity contribution in [2.75, 3.05) is 6.54 Å². The fourth-order valence-corrected chi connectivity index (χ4v) is 2.05. The molecule has 0 saturated heterocycles. The molecule has 0 aliphatic heterocycles. The normalized spacial score (nSPS) is 11.2. The van der Waals surface area contributed by atoms with E-state index in [1.165, 1.54) is 12.1 Å². The Kier molecular flexibility index (Phi) is 4.25. The van der Waals surface area contributed by atoms with Gasteiger partial charge >= 0.3 is 0 Å². The Bertz CT molecular complexity index is 524. The molecule has 0 aromatic heterocycles. The highest BCUT2D eigenvalue weighted by Crippen LogP contribution is 2.15. The molecule has 1 aromatic carbocycles. The number of primary sulfonamides is 1. The van der Waals surface area contributed by atoms with Crippen molar-refractivity contribution in [2.45, 2.75) is 25.2 Å². The third-order valence-corrected chi connectivity index (χ3v) is 3.28. The van der Waals surface area contributed by atoms with E-state index >= 15 is 0 Å². The number of nitrogens with one attached hydrogen (secondary N) is 1. The molecule has 0 heterocycles. The maximum Gasteiger partial charge on any atom is 0.251 e. The summed E-state index contributed by atoms with van der Waals surface area (Å²) < 4.78 is 22.4. The second-order valence-corrected chi connectivity index (χ2v) is 5.14. The lowest BCUT2D eigenvalue weighted by Gasteiger charge is -2.09. The van der Waals surface area contributed by atoms with Crippen LogP contribution in [0.1, 0.15) is 29.8 Å². The van der Waals surface area contributed by atoms with Gasteiger partial charge in [-0.2, -0.15) is 0 Å². The number of nitrogens with two attached hydrogens (primary N) is 1. The molecule has 0 aliphatic carbocycles. The van der Waals surface area contributed by atoms with Crippen molar-refractivity contribution < 1.29 is 13.2 Å². The van der Waals surface area contributed by atoms with Gasteiger partial charge in [0.15, 0.2) is 0 Å². The van der Waals surface area contributed by atoms with Gasteiger partial charge in [0.25, 0.3) is 5.91 Å². The SMILES string of the molecule is CCNC(=O)c1cc(S(N)(=O)=O)ccc1CC. The van der Waals surface area contributed by atoms with Gasteiger partial charge in [-0.15, -0.1) is 0 Å². The highest BCUT2D eigenvalue weighted by molar-refractivity contribution is 7.89. The average molecular weight is 256 g/mol. The molecule has 6 heteroatoms. The number of hydrogen-bond donors (Lipinski definition) is 2. The molecule has 17 heavy (non-hydrogen) atoms. The molecule has 0 radical (unpaired) electrons. The predicted octanol–water partition coefficient (Wildman–Crippen LogP) is 0.646. The van der Waals surface area contributed by atoms with Crippen molar-refractivity contribution in [1.82, 2.24) is 5.32 Å². The molecule has 1 amide bonds. The zero-order valence-electron chi connectivity index (χ0n) is 9.86. The van der Waals surface area contributed by atoms with Gasteiger partial charge < -0.3 is 5.32 Å². The highest BCUT2D eigenvalue weighted by Gasteiger charge is 2.15. The third kappa shape index (κ3) is 3.28. The minimum Gasteiger partial charge on any atom is -0.352 e. The maximum absolute atomic E-state index is 11.8. The standard InChI is InChI=1S/C11H16N2O3S/c1-3-8-5-6-9(17(12,15)16)7-10(8)11(14)13-4-2/h5-7H,3-4H2,1-2H3,(H,13,14)(H2,12,15,16). The molecule has 1 aromatic rings. The number of sulfonamides is 1. The Labute approximate surface area is 101 Å². The van der Waals surface area contributed by atoms with Gasteiger partial charge in [0.05, 0.1) is 4.90 Å². The Balaban J connectivity index is 3.30. The van der Waals surface area contributed by atoms with Crippen LogP contribution in [-0.4, -0.2) is 20.9 Å². The predicted molar refractivity (Wildman–Crippen MR) is 65.2 cm³/mol. The van der Waals surface area contributed by atoms with Crippen LogP contribution in [0.2, 0.25) is 0 Å². The van der Waals surface area contributed by atoms with E-state index in [1.807, 2.05) is 6.92 Å². The van der Waals surface area contributed by atoms with Crippen LogP contribution in [0.25, 0.3) is 0 Å². The Hall–Kier alpha value is -1.40. The van der Waals surface area contributed by atoms with Gasteiger partial charge in [-0.05, 0) is 31.0 Å². The molecule has 3 N–H and O–H groups in total. The minimum atomic E-state index is -3.78. The summed E-state index contributed by atoms with van der Waals surface area (Å²) >= 11 is 0. The van der Waals surface area contributed by atoms with Crippen LogP contribution in [0.3, 0.4) is 0 Å². The topological polar surface area (TPSA) is 89.3 Å². The molecule has 0 atom stereocenters. The van der Waals surface area contributed by atoms with Gasteiger partial charge in [0, 0.05) is 12.1 Å². The number of amides is 1. The second-order valence-electron chi connectivity index (χ2n) is 3.58. The maximum atomic E-state index is 11.8. The van der Waals surface area contributed by atoms with E-state index in [-0.39, 0.29) is 10.8 Å². The summed E-state index contributed by atoms with van der Waals surface area (Å²) in [6.45, 7) is 4.18. The fourth-order valence-electron chi connectivity index (χ4n) is 1.51. The Morgan fingerprint density at radius 3 is 2.47 bits per heavy atom. The van der Waals surface area contributed by atoms with E-state index in [4.69, 9.17) is 5.14 Å². The van der Waals surface area contributed by atoms with Crippen LogP contribution >= 0.6 is 0 Å². The van der Waals surface area contributed by atoms with Crippen LogP contribution in [0.5, 0.6) is 0 Å². The zero-order chi connectivity index (χ0) is 13.1. The van der Waals surface area contributed by atoms with E-state index in [1.54, 1.807) is 13.0 Å². The lowest BCUT2D eigenvalue weighted by molar-refractivity contribution is 0.0954. The van der Waals surface area contributed by atoms with Crippen molar-refractivity contribution in [1.29, 1.82) is 0 Å². The molecule has 0 saturated carbocycles. The van der Waals surface area contributed by atoms with E-state index in [0.717, 1.165) is 5.56 Å². The van der Waals surface area contributed by atoms with Crippen LogP contribution in [0.4, 0.5) is 0 Å². The van der Waals surface area contributed by atoms with Crippen molar-refractivity contribution in [3.05, 3.63) is 29.3 Å². The highest BCUT2D eigenvalue weighted by atomic mass is 32.2. The summed E-state index contributed by atoms with van der Waals surface area (Å²) in [7, 11) is -3.78. The summed E-state index contributed by atoms with van der Waals surface area (Å²) in [5.41, 5.74) is 1.16. The number of rotatable bonds is 4. The van der Waals surface area contributed by atoms with Gasteiger partial charge in [0.2, 0.25) is 10.0 Å². The van der Waals surface area contributed by atoms with Crippen molar-refractivity contribution in [3.8, 4) is 0 Å². The third-order valence-electron chi connectivity index (χ3n) is 2.37. The van der Waals surface area contributed by atoms with E-state index < -0.39 is 10.0 Å². The fraction of sp³-hybridized carbons (Fsp3) is 0.364. The molecule has 0 unspecified atom stereocenters. The first-order valence-electron chi connectivity index (χ1n) is 5.34. The summed E-state index contributed by atoms with van der Waals surface area (Å²) in [5, 5.41) is 7.67. The molecule has 1 rings (SSSR count). The summed E-state index contributed by atoms with van der Waals surface area (Å²) in [4.78, 5) is 11.7. The zero-order valence-corrected chi connectivity index (χ0v) is 10.7. The van der Waals surface area contributed by atoms with E-state index in [2.05, 4.69) is 5.32 Å². The molecule has 5 nitrogen and oxygen atoms in total. The summed E-state index contributed by atoms with van der Waals surface area (Å²) in [5.74, 6) is -0.283. The van der Waals surface area contributed by atoms with Crippen LogP contribution in [0.15, 0.2) is 23.1 Å². The number of hydrogen-bond acceptors (Lipinski definition) is 3. The number of benzene rings is 1. The summed E-state index contributed by atoms with van der Waals surface area (Å²) in [6, 6.07) is 4.35. The molecule has 0 bridgehead atoms. The Morgan fingerprint density at radius 2 is 2.00 bits per heavy atom. The molecular weight excluding hydrogens is 240 g/mol. The first kappa shape index (κ1) is 13.7. The minimum absolute atomic E-state index is 0.0454. The van der Waals surface area contributed by atoms with E-state index in [9.17, 15) is 13.2 Å². The summed E-state index contributed by atoms with van der Waals surface area (Å²) in [6.07, 6.45) is 0.650. The van der Waals surface area contributed by atoms with Crippen LogP contribution in [-0.2, 0) is 16.4 Å². The van der Waals surface area contributed by atoms with Crippen molar-refractivity contribution >= 4 is 15.9 Å². The molecular formula is C11H16N2O3S. The number of aryl methyl sites for hydroxylation is 1. The molecule has 0 fully saturated rings. The van der Waals surface area contributed by atoms with Gasteiger partial charge in [-0.1, -0.05) is 13.0 Å². The first-order chi connectivity index (χ1) is 7.90. The molecule has 94 valence electrons. The monoisotopic (exact) mass is 256 g/mol. The lowest BCUT2D eigenvalue weighted by Crippen LogP contribution is -2.24. The van der Waals surface area contributed by atoms with Crippen LogP contribution in [0, 0.1) is 0 Å². The molecule has 0 aliphatic rings. The van der Waals surface area contributed by atoms with E-state index in [0.29, 0.717) is 18.5 Å². The van der Waals surface area contributed by atoms with Gasteiger partial charge in [-0.3, -0.25) is 4.79 Å². The number of carbonyl (C=O) groups excluding carboxylic acids is 1. The molecule has 0 spiro atoms.